The Labute approximate surface area is 149 Å². The Morgan fingerprint density at radius 2 is 2.04 bits per heavy atom. The number of hydrogen-bond donors (Lipinski definition) is 3. The first-order valence-corrected chi connectivity index (χ1v) is 8.86. The van der Waals surface area contributed by atoms with Crippen molar-refractivity contribution in [1.29, 1.82) is 0 Å². The van der Waals surface area contributed by atoms with Crippen molar-refractivity contribution in [2.24, 2.45) is 0 Å². The molecule has 0 aromatic heterocycles. The van der Waals surface area contributed by atoms with Gasteiger partial charge >= 0.3 is 6.03 Å². The van der Waals surface area contributed by atoms with E-state index >= 15 is 0 Å². The van der Waals surface area contributed by atoms with E-state index in [9.17, 15) is 9.59 Å². The van der Waals surface area contributed by atoms with E-state index < -0.39 is 0 Å². The first kappa shape index (κ1) is 19.1. The van der Waals surface area contributed by atoms with Gasteiger partial charge in [-0.1, -0.05) is 0 Å². The second-order valence-corrected chi connectivity index (χ2v) is 6.54. The minimum Gasteiger partial charge on any atom is -0.494 e. The predicted molar refractivity (Wildman–Crippen MR) is 97.2 cm³/mol. The van der Waals surface area contributed by atoms with Gasteiger partial charge in [-0.2, -0.15) is 0 Å². The molecular formula is C18H29N4O3+. The van der Waals surface area contributed by atoms with Gasteiger partial charge < -0.3 is 25.2 Å². The largest absolute Gasteiger partial charge is 0.494 e. The summed E-state index contributed by atoms with van der Waals surface area (Å²) in [4.78, 5) is 27.2. The van der Waals surface area contributed by atoms with Crippen molar-refractivity contribution >= 4 is 17.6 Å². The second kappa shape index (κ2) is 9.27. The number of anilines is 1. The van der Waals surface area contributed by atoms with Crippen LogP contribution in [-0.4, -0.2) is 58.3 Å². The molecule has 0 aliphatic carbocycles. The number of ether oxygens (including phenoxy) is 1. The van der Waals surface area contributed by atoms with Crippen LogP contribution in [0.4, 0.5) is 10.5 Å². The molecule has 7 nitrogen and oxygen atoms in total. The summed E-state index contributed by atoms with van der Waals surface area (Å²) in [6, 6.07) is 7.07. The standard InChI is InChI=1S/C18H28N4O3/c1-4-25-16-8-6-15(7-9-16)22-13-14(12-17(22)23)20-18(24)19-10-5-11-21(2)3/h6-9,14H,4-5,10-13H2,1-3H3,(H2,19,20,24)/p+1/t14-/m1/s1. The van der Waals surface area contributed by atoms with Crippen LogP contribution >= 0.6 is 0 Å². The molecule has 0 bridgehead atoms. The summed E-state index contributed by atoms with van der Waals surface area (Å²) in [5.74, 6) is 0.803. The number of benzene rings is 1. The highest BCUT2D eigenvalue weighted by atomic mass is 16.5. The minimum atomic E-state index is -0.208. The van der Waals surface area contributed by atoms with Gasteiger partial charge in [-0.15, -0.1) is 0 Å². The fraction of sp³-hybridized carbons (Fsp3) is 0.556. The Bertz CT molecular complexity index is 574. The number of hydrogen-bond acceptors (Lipinski definition) is 3. The number of quaternary nitrogens is 1. The summed E-state index contributed by atoms with van der Waals surface area (Å²) in [6.07, 6.45) is 1.25. The lowest BCUT2D eigenvalue weighted by atomic mass is 10.2. The molecule has 0 spiro atoms. The van der Waals surface area contributed by atoms with Crippen LogP contribution < -0.4 is 25.2 Å². The maximum Gasteiger partial charge on any atom is 0.315 e. The lowest BCUT2D eigenvalue weighted by Gasteiger charge is -2.18. The monoisotopic (exact) mass is 349 g/mol. The highest BCUT2D eigenvalue weighted by Crippen LogP contribution is 2.24. The average Bonchev–Trinajstić information content (AvgIpc) is 2.93. The van der Waals surface area contributed by atoms with Gasteiger partial charge in [-0.05, 0) is 31.2 Å². The first-order valence-electron chi connectivity index (χ1n) is 8.86. The second-order valence-electron chi connectivity index (χ2n) is 6.54. The number of nitrogens with one attached hydrogen (secondary N) is 3. The van der Waals surface area contributed by atoms with Crippen molar-refractivity contribution in [2.45, 2.75) is 25.8 Å². The summed E-state index contributed by atoms with van der Waals surface area (Å²) >= 11 is 0. The number of carbonyl (C=O) groups is 2. The summed E-state index contributed by atoms with van der Waals surface area (Å²) in [6.45, 7) is 4.68. The molecule has 1 aliphatic heterocycles. The van der Waals surface area contributed by atoms with Gasteiger partial charge in [0.25, 0.3) is 0 Å². The lowest BCUT2D eigenvalue weighted by Crippen LogP contribution is -3.05. The van der Waals surface area contributed by atoms with E-state index in [1.165, 1.54) is 4.90 Å². The Morgan fingerprint density at radius 3 is 2.68 bits per heavy atom. The van der Waals surface area contributed by atoms with E-state index in [1.807, 2.05) is 31.2 Å². The quantitative estimate of drug-likeness (QED) is 0.580. The maximum atomic E-state index is 12.2. The molecular weight excluding hydrogens is 320 g/mol. The molecule has 1 fully saturated rings. The van der Waals surface area contributed by atoms with E-state index in [0.717, 1.165) is 24.4 Å². The van der Waals surface area contributed by atoms with E-state index in [1.54, 1.807) is 4.90 Å². The third-order valence-corrected chi connectivity index (χ3v) is 4.06. The van der Waals surface area contributed by atoms with Gasteiger partial charge in [-0.3, -0.25) is 4.79 Å². The van der Waals surface area contributed by atoms with E-state index in [0.29, 0.717) is 26.1 Å². The number of nitrogens with zero attached hydrogens (tertiary/aromatic N) is 1. The van der Waals surface area contributed by atoms with Gasteiger partial charge in [0, 0.05) is 31.6 Å². The number of amides is 3. The van der Waals surface area contributed by atoms with Crippen molar-refractivity contribution in [3.05, 3.63) is 24.3 Å². The summed E-state index contributed by atoms with van der Waals surface area (Å²) in [7, 11) is 4.17. The van der Waals surface area contributed by atoms with Gasteiger partial charge in [-0.25, -0.2) is 4.79 Å². The molecule has 1 atom stereocenters. The van der Waals surface area contributed by atoms with Gasteiger partial charge in [0.2, 0.25) is 5.91 Å². The Morgan fingerprint density at radius 1 is 1.32 bits per heavy atom. The zero-order chi connectivity index (χ0) is 18.2. The molecule has 3 N–H and O–H groups in total. The van der Waals surface area contributed by atoms with Crippen molar-refractivity contribution < 1.29 is 19.2 Å². The van der Waals surface area contributed by atoms with Gasteiger partial charge in [0.15, 0.2) is 0 Å². The third kappa shape index (κ3) is 5.94. The van der Waals surface area contributed by atoms with E-state index in [2.05, 4.69) is 24.7 Å². The molecule has 2 rings (SSSR count). The lowest BCUT2D eigenvalue weighted by molar-refractivity contribution is -0.858. The summed E-state index contributed by atoms with van der Waals surface area (Å²) < 4.78 is 5.42. The fourth-order valence-electron chi connectivity index (χ4n) is 2.82. The SMILES string of the molecule is CCOc1ccc(N2C[C@H](NC(=O)NCCC[NH+](C)C)CC2=O)cc1. The topological polar surface area (TPSA) is 75.1 Å². The molecule has 1 heterocycles. The van der Waals surface area contributed by atoms with E-state index in [-0.39, 0.29) is 18.0 Å². The van der Waals surface area contributed by atoms with Crippen LogP contribution in [0.2, 0.25) is 0 Å². The van der Waals surface area contributed by atoms with Crippen molar-refractivity contribution in [1.82, 2.24) is 10.6 Å². The molecule has 7 heteroatoms. The maximum absolute atomic E-state index is 12.2. The molecule has 1 saturated heterocycles. The molecule has 0 unspecified atom stereocenters. The summed E-state index contributed by atoms with van der Waals surface area (Å²) in [5.41, 5.74) is 0.826. The Balaban J connectivity index is 1.80. The van der Waals surface area contributed by atoms with Crippen LogP contribution in [0.1, 0.15) is 19.8 Å². The van der Waals surface area contributed by atoms with Gasteiger partial charge in [0.1, 0.15) is 5.75 Å². The minimum absolute atomic E-state index is 0.0191. The zero-order valence-corrected chi connectivity index (χ0v) is 15.3. The molecule has 1 aromatic carbocycles. The van der Waals surface area contributed by atoms with E-state index in [4.69, 9.17) is 4.74 Å². The molecule has 138 valence electrons. The van der Waals surface area contributed by atoms with Crippen molar-refractivity contribution in [3.63, 3.8) is 0 Å². The number of rotatable bonds is 8. The third-order valence-electron chi connectivity index (χ3n) is 4.06. The highest BCUT2D eigenvalue weighted by Gasteiger charge is 2.31. The van der Waals surface area contributed by atoms with Crippen molar-refractivity contribution in [3.8, 4) is 5.75 Å². The Hall–Kier alpha value is -2.28. The Kier molecular flexibility index (Phi) is 7.06. The normalized spacial score (nSPS) is 17.0. The van der Waals surface area contributed by atoms with Crippen LogP contribution in [0.5, 0.6) is 5.75 Å². The molecule has 0 radical (unpaired) electrons. The molecule has 1 aromatic rings. The number of carbonyl (C=O) groups excluding carboxylic acids is 2. The first-order chi connectivity index (χ1) is 12.0. The smallest absolute Gasteiger partial charge is 0.315 e. The van der Waals surface area contributed by atoms with Crippen LogP contribution in [-0.2, 0) is 4.79 Å². The van der Waals surface area contributed by atoms with Crippen LogP contribution in [0.25, 0.3) is 0 Å². The average molecular weight is 349 g/mol. The van der Waals surface area contributed by atoms with Crippen LogP contribution in [0, 0.1) is 0 Å². The molecule has 25 heavy (non-hydrogen) atoms. The molecule has 1 aliphatic rings. The zero-order valence-electron chi connectivity index (χ0n) is 15.3. The van der Waals surface area contributed by atoms with Crippen LogP contribution in [0.3, 0.4) is 0 Å². The molecule has 3 amide bonds. The molecule has 0 saturated carbocycles. The van der Waals surface area contributed by atoms with Crippen molar-refractivity contribution in [2.75, 3.05) is 45.2 Å². The van der Waals surface area contributed by atoms with Crippen LogP contribution in [0.15, 0.2) is 24.3 Å². The number of urea groups is 1. The predicted octanol–water partition coefficient (Wildman–Crippen LogP) is 0.0244. The fourth-order valence-corrected chi connectivity index (χ4v) is 2.82. The van der Waals surface area contributed by atoms with Gasteiger partial charge in [0.05, 0.1) is 33.3 Å². The highest BCUT2D eigenvalue weighted by molar-refractivity contribution is 5.96. The summed E-state index contributed by atoms with van der Waals surface area (Å²) in [5, 5.41) is 5.73.